The summed E-state index contributed by atoms with van der Waals surface area (Å²) in [4.78, 5) is 12.9. The Labute approximate surface area is 197 Å². The molecule has 1 aliphatic rings. The summed E-state index contributed by atoms with van der Waals surface area (Å²) in [5.41, 5.74) is 1.27. The summed E-state index contributed by atoms with van der Waals surface area (Å²) in [6, 6.07) is 20.1. The van der Waals surface area contributed by atoms with Gasteiger partial charge in [-0.3, -0.25) is 9.10 Å². The molecule has 0 saturated carbocycles. The van der Waals surface area contributed by atoms with Crippen molar-refractivity contribution in [1.29, 1.82) is 0 Å². The fourth-order valence-electron chi connectivity index (χ4n) is 3.34. The quantitative estimate of drug-likeness (QED) is 0.549. The summed E-state index contributed by atoms with van der Waals surface area (Å²) >= 11 is 5.97. The number of benzene rings is 3. The maximum atomic E-state index is 13.4. The Morgan fingerprint density at radius 2 is 1.70 bits per heavy atom. The number of rotatable bonds is 7. The maximum absolute atomic E-state index is 13.4. The number of carbonyl (C=O) groups excluding carboxylic acids is 1. The van der Waals surface area contributed by atoms with E-state index in [-0.39, 0.29) is 24.2 Å². The zero-order chi connectivity index (χ0) is 23.4. The van der Waals surface area contributed by atoms with Crippen LogP contribution in [0.1, 0.15) is 5.56 Å². The topological polar surface area (TPSA) is 84.9 Å². The minimum atomic E-state index is -3.99. The average molecular weight is 487 g/mol. The van der Waals surface area contributed by atoms with Gasteiger partial charge in [-0.05, 0) is 55.5 Å². The third-order valence-electron chi connectivity index (χ3n) is 5.11. The summed E-state index contributed by atoms with van der Waals surface area (Å²) in [6.07, 6.45) is -0.387. The molecular formula is C24H23ClN2O5S. The number of halogens is 1. The SMILES string of the molecule is Cc1ccc(S(=O)(=O)N(CC(=O)NC[C@H]2COc3ccccc3O2)c2ccc(Cl)cc2)cc1. The average Bonchev–Trinajstić information content (AvgIpc) is 2.82. The molecule has 172 valence electrons. The first kappa shape index (κ1) is 22.9. The van der Waals surface area contributed by atoms with Crippen LogP contribution in [0.15, 0.2) is 77.7 Å². The highest BCUT2D eigenvalue weighted by Gasteiger charge is 2.28. The van der Waals surface area contributed by atoms with E-state index in [1.807, 2.05) is 25.1 Å². The number of para-hydroxylation sites is 2. The lowest BCUT2D eigenvalue weighted by Gasteiger charge is -2.27. The molecule has 0 spiro atoms. The number of nitrogens with one attached hydrogen (secondary N) is 1. The van der Waals surface area contributed by atoms with Crippen molar-refractivity contribution in [3.05, 3.63) is 83.4 Å². The maximum Gasteiger partial charge on any atom is 0.264 e. The molecule has 0 saturated heterocycles. The second-order valence-corrected chi connectivity index (χ2v) is 9.90. The van der Waals surface area contributed by atoms with Gasteiger partial charge in [0.05, 0.1) is 17.1 Å². The highest BCUT2D eigenvalue weighted by molar-refractivity contribution is 7.92. The molecule has 3 aromatic rings. The molecule has 33 heavy (non-hydrogen) atoms. The molecule has 0 bridgehead atoms. The summed E-state index contributed by atoms with van der Waals surface area (Å²) in [5.74, 6) is 0.786. The molecule has 9 heteroatoms. The van der Waals surface area contributed by atoms with E-state index in [4.69, 9.17) is 21.1 Å². The van der Waals surface area contributed by atoms with Crippen LogP contribution in [0.5, 0.6) is 11.5 Å². The van der Waals surface area contributed by atoms with Crippen LogP contribution in [0.3, 0.4) is 0 Å². The lowest BCUT2D eigenvalue weighted by atomic mass is 10.2. The van der Waals surface area contributed by atoms with Gasteiger partial charge in [-0.25, -0.2) is 8.42 Å². The standard InChI is InChI=1S/C24H23ClN2O5S/c1-17-6-12-21(13-7-17)33(29,30)27(19-10-8-18(25)9-11-19)15-24(28)26-14-20-16-31-22-4-2-3-5-23(22)32-20/h2-13,20H,14-16H2,1H3,(H,26,28)/t20-/m0/s1. The van der Waals surface area contributed by atoms with E-state index in [9.17, 15) is 13.2 Å². The predicted molar refractivity (Wildman–Crippen MR) is 127 cm³/mol. The van der Waals surface area contributed by atoms with Gasteiger partial charge in [0, 0.05) is 5.02 Å². The minimum Gasteiger partial charge on any atom is -0.486 e. The smallest absolute Gasteiger partial charge is 0.264 e. The molecule has 1 heterocycles. The molecule has 0 radical (unpaired) electrons. The molecule has 1 N–H and O–H groups in total. The molecule has 1 aliphatic heterocycles. The normalized spacial score (nSPS) is 15.0. The zero-order valence-electron chi connectivity index (χ0n) is 17.9. The lowest BCUT2D eigenvalue weighted by molar-refractivity contribution is -0.120. The minimum absolute atomic E-state index is 0.0940. The van der Waals surface area contributed by atoms with E-state index in [2.05, 4.69) is 5.32 Å². The second-order valence-electron chi connectivity index (χ2n) is 7.60. The van der Waals surface area contributed by atoms with Crippen LogP contribution >= 0.6 is 11.6 Å². The Morgan fingerprint density at radius 3 is 2.39 bits per heavy atom. The van der Waals surface area contributed by atoms with Crippen LogP contribution in [0.4, 0.5) is 5.69 Å². The number of hydrogen-bond acceptors (Lipinski definition) is 5. The van der Waals surface area contributed by atoms with Crippen molar-refractivity contribution in [2.45, 2.75) is 17.9 Å². The number of anilines is 1. The Bertz CT molecular complexity index is 1230. The van der Waals surface area contributed by atoms with Gasteiger partial charge in [-0.15, -0.1) is 0 Å². The number of carbonyl (C=O) groups is 1. The number of sulfonamides is 1. The molecule has 1 amide bonds. The molecular weight excluding hydrogens is 464 g/mol. The van der Waals surface area contributed by atoms with E-state index >= 15 is 0 Å². The van der Waals surface area contributed by atoms with Gasteiger partial charge >= 0.3 is 0 Å². The van der Waals surface area contributed by atoms with Crippen molar-refractivity contribution in [3.8, 4) is 11.5 Å². The van der Waals surface area contributed by atoms with Gasteiger partial charge in [0.1, 0.15) is 19.3 Å². The van der Waals surface area contributed by atoms with Crippen LogP contribution in [-0.2, 0) is 14.8 Å². The Morgan fingerprint density at radius 1 is 1.03 bits per heavy atom. The predicted octanol–water partition coefficient (Wildman–Crippen LogP) is 3.80. The van der Waals surface area contributed by atoms with Crippen LogP contribution in [0.2, 0.25) is 5.02 Å². The molecule has 4 rings (SSSR count). The fourth-order valence-corrected chi connectivity index (χ4v) is 4.88. The first-order chi connectivity index (χ1) is 15.8. The van der Waals surface area contributed by atoms with Crippen molar-refractivity contribution in [1.82, 2.24) is 5.32 Å². The van der Waals surface area contributed by atoms with Gasteiger partial charge < -0.3 is 14.8 Å². The summed E-state index contributed by atoms with van der Waals surface area (Å²) in [6.45, 7) is 1.92. The van der Waals surface area contributed by atoms with Crippen molar-refractivity contribution in [2.75, 3.05) is 24.0 Å². The van der Waals surface area contributed by atoms with Crippen molar-refractivity contribution in [3.63, 3.8) is 0 Å². The number of ether oxygens (including phenoxy) is 2. The number of fused-ring (bicyclic) bond motifs is 1. The van der Waals surface area contributed by atoms with Crippen molar-refractivity contribution < 1.29 is 22.7 Å². The molecule has 1 atom stereocenters. The third-order valence-corrected chi connectivity index (χ3v) is 7.15. The molecule has 0 aromatic heterocycles. The number of amides is 1. The van der Waals surface area contributed by atoms with Crippen LogP contribution in [0, 0.1) is 6.92 Å². The van der Waals surface area contributed by atoms with Gasteiger partial charge in [0.25, 0.3) is 10.0 Å². The van der Waals surface area contributed by atoms with Crippen LogP contribution < -0.4 is 19.1 Å². The van der Waals surface area contributed by atoms with E-state index in [0.717, 1.165) is 9.87 Å². The van der Waals surface area contributed by atoms with Crippen LogP contribution in [-0.4, -0.2) is 40.1 Å². The van der Waals surface area contributed by atoms with Gasteiger partial charge in [-0.2, -0.15) is 0 Å². The first-order valence-electron chi connectivity index (χ1n) is 10.3. The molecule has 0 fully saturated rings. The Balaban J connectivity index is 1.49. The fraction of sp³-hybridized carbons (Fsp3) is 0.208. The monoisotopic (exact) mass is 486 g/mol. The third kappa shape index (κ3) is 5.40. The highest BCUT2D eigenvalue weighted by Crippen LogP contribution is 2.30. The van der Waals surface area contributed by atoms with E-state index < -0.39 is 22.5 Å². The summed E-state index contributed by atoms with van der Waals surface area (Å²) in [5, 5.41) is 3.21. The number of nitrogens with zero attached hydrogens (tertiary/aromatic N) is 1. The largest absolute Gasteiger partial charge is 0.486 e. The zero-order valence-corrected chi connectivity index (χ0v) is 19.5. The van der Waals surface area contributed by atoms with E-state index in [0.29, 0.717) is 22.2 Å². The molecule has 0 aliphatic carbocycles. The van der Waals surface area contributed by atoms with Crippen molar-refractivity contribution in [2.24, 2.45) is 0 Å². The van der Waals surface area contributed by atoms with E-state index in [1.54, 1.807) is 42.5 Å². The van der Waals surface area contributed by atoms with Crippen LogP contribution in [0.25, 0.3) is 0 Å². The Hall–Kier alpha value is -3.23. The first-order valence-corrected chi connectivity index (χ1v) is 12.1. The highest BCUT2D eigenvalue weighted by atomic mass is 35.5. The summed E-state index contributed by atoms with van der Waals surface area (Å²) in [7, 11) is -3.99. The number of hydrogen-bond donors (Lipinski definition) is 1. The van der Waals surface area contributed by atoms with E-state index in [1.165, 1.54) is 12.1 Å². The number of aryl methyl sites for hydroxylation is 1. The van der Waals surface area contributed by atoms with Gasteiger partial charge in [0.2, 0.25) is 5.91 Å². The van der Waals surface area contributed by atoms with Crippen molar-refractivity contribution >= 4 is 33.2 Å². The molecule has 7 nitrogen and oxygen atoms in total. The van der Waals surface area contributed by atoms with Gasteiger partial charge in [-0.1, -0.05) is 41.4 Å². The lowest BCUT2D eigenvalue weighted by Crippen LogP contribution is -2.45. The molecule has 3 aromatic carbocycles. The second kappa shape index (κ2) is 9.72. The summed E-state index contributed by atoms with van der Waals surface area (Å²) < 4.78 is 39.3. The van der Waals surface area contributed by atoms with Gasteiger partial charge in [0.15, 0.2) is 11.5 Å². The molecule has 0 unspecified atom stereocenters. The Kier molecular flexibility index (Phi) is 6.76.